The van der Waals surface area contributed by atoms with E-state index in [1.807, 2.05) is 29.0 Å². The minimum atomic E-state index is -0.00596. The molecule has 0 aliphatic rings. The molecule has 0 unspecified atom stereocenters. The zero-order chi connectivity index (χ0) is 13.8. The third kappa shape index (κ3) is 2.94. The summed E-state index contributed by atoms with van der Waals surface area (Å²) in [6, 6.07) is 9.58. The van der Waals surface area contributed by atoms with E-state index in [1.54, 1.807) is 6.07 Å². The Morgan fingerprint density at radius 1 is 1.42 bits per heavy atom. The molecule has 0 atom stereocenters. The highest BCUT2D eigenvalue weighted by atomic mass is 16.1. The lowest BCUT2D eigenvalue weighted by atomic mass is 10.1. The zero-order valence-corrected chi connectivity index (χ0v) is 11.2. The van der Waals surface area contributed by atoms with Crippen molar-refractivity contribution in [3.05, 3.63) is 36.0 Å². The Morgan fingerprint density at radius 2 is 2.21 bits per heavy atom. The van der Waals surface area contributed by atoms with Gasteiger partial charge in [-0.25, -0.2) is 0 Å². The van der Waals surface area contributed by atoms with Crippen molar-refractivity contribution >= 4 is 16.8 Å². The van der Waals surface area contributed by atoms with Gasteiger partial charge >= 0.3 is 0 Å². The Balaban J connectivity index is 2.18. The second-order valence-corrected chi connectivity index (χ2v) is 4.99. The summed E-state index contributed by atoms with van der Waals surface area (Å²) in [4.78, 5) is 11.8. The molecular weight excluding hydrogens is 238 g/mol. The fourth-order valence-electron chi connectivity index (χ4n) is 1.99. The first-order valence-corrected chi connectivity index (χ1v) is 6.36. The Morgan fingerprint density at radius 3 is 2.89 bits per heavy atom. The molecule has 0 saturated heterocycles. The number of carbonyl (C=O) groups is 1. The highest BCUT2D eigenvalue weighted by Gasteiger charge is 2.08. The maximum Gasteiger partial charge on any atom is 0.239 e. The number of rotatable bonds is 4. The number of fused-ring (bicyclic) bond motifs is 1. The minimum absolute atomic E-state index is 0.00596. The van der Waals surface area contributed by atoms with Crippen LogP contribution in [0.25, 0.3) is 10.9 Å². The van der Waals surface area contributed by atoms with Gasteiger partial charge in [0.1, 0.15) is 6.54 Å². The number of aromatic nitrogens is 1. The van der Waals surface area contributed by atoms with E-state index in [0.717, 1.165) is 10.9 Å². The van der Waals surface area contributed by atoms with Gasteiger partial charge in [-0.2, -0.15) is 5.26 Å². The van der Waals surface area contributed by atoms with Crippen LogP contribution in [0.1, 0.15) is 19.4 Å². The lowest BCUT2D eigenvalue weighted by Gasteiger charge is -2.09. The van der Waals surface area contributed by atoms with Crippen LogP contribution in [0.3, 0.4) is 0 Å². The lowest BCUT2D eigenvalue weighted by Crippen LogP contribution is -2.30. The zero-order valence-electron chi connectivity index (χ0n) is 11.2. The van der Waals surface area contributed by atoms with Crippen molar-refractivity contribution in [3.63, 3.8) is 0 Å². The van der Waals surface area contributed by atoms with Crippen molar-refractivity contribution in [2.75, 3.05) is 6.54 Å². The van der Waals surface area contributed by atoms with Crippen molar-refractivity contribution in [2.24, 2.45) is 5.92 Å². The summed E-state index contributed by atoms with van der Waals surface area (Å²) in [6.45, 7) is 5.08. The van der Waals surface area contributed by atoms with Gasteiger partial charge in [-0.1, -0.05) is 19.9 Å². The molecule has 2 rings (SSSR count). The SMILES string of the molecule is CC(C)CNC(=O)Cn1ccc2c(C#N)cccc21. The standard InChI is InChI=1S/C15H17N3O/c1-11(2)9-17-15(19)10-18-7-6-13-12(8-16)4-3-5-14(13)18/h3-7,11H,9-10H2,1-2H3,(H,17,19). The molecule has 19 heavy (non-hydrogen) atoms. The smallest absolute Gasteiger partial charge is 0.239 e. The van der Waals surface area contributed by atoms with Gasteiger partial charge in [-0.15, -0.1) is 0 Å². The first-order valence-electron chi connectivity index (χ1n) is 6.36. The van der Waals surface area contributed by atoms with Crippen LogP contribution in [0.5, 0.6) is 0 Å². The maximum atomic E-state index is 11.8. The Labute approximate surface area is 112 Å². The van der Waals surface area contributed by atoms with Crippen LogP contribution in [-0.4, -0.2) is 17.0 Å². The van der Waals surface area contributed by atoms with E-state index in [4.69, 9.17) is 5.26 Å². The fourth-order valence-corrected chi connectivity index (χ4v) is 1.99. The first kappa shape index (κ1) is 13.2. The fraction of sp³-hybridized carbons (Fsp3) is 0.333. The van der Waals surface area contributed by atoms with Crippen molar-refractivity contribution < 1.29 is 4.79 Å². The molecule has 0 radical (unpaired) electrons. The van der Waals surface area contributed by atoms with Gasteiger partial charge in [0.25, 0.3) is 0 Å². The average Bonchev–Trinajstić information content (AvgIpc) is 2.79. The highest BCUT2D eigenvalue weighted by molar-refractivity contribution is 5.87. The number of nitrogens with one attached hydrogen (secondary N) is 1. The minimum Gasteiger partial charge on any atom is -0.354 e. The third-order valence-electron chi connectivity index (χ3n) is 2.96. The van der Waals surface area contributed by atoms with E-state index in [9.17, 15) is 4.79 Å². The molecular formula is C15H17N3O. The molecule has 0 fully saturated rings. The number of nitriles is 1. The number of carbonyl (C=O) groups excluding carboxylic acids is 1. The van der Waals surface area contributed by atoms with Crippen LogP contribution in [-0.2, 0) is 11.3 Å². The van der Waals surface area contributed by atoms with E-state index < -0.39 is 0 Å². The molecule has 0 bridgehead atoms. The summed E-state index contributed by atoms with van der Waals surface area (Å²) in [5.41, 5.74) is 1.55. The molecule has 0 spiro atoms. The van der Waals surface area contributed by atoms with Crippen molar-refractivity contribution in [1.82, 2.24) is 9.88 Å². The van der Waals surface area contributed by atoms with Gasteiger partial charge in [0.05, 0.1) is 11.6 Å². The molecule has 2 aromatic rings. The summed E-state index contributed by atoms with van der Waals surface area (Å²) < 4.78 is 1.87. The Hall–Kier alpha value is -2.28. The number of benzene rings is 1. The molecule has 1 heterocycles. The topological polar surface area (TPSA) is 57.8 Å². The number of hydrogen-bond donors (Lipinski definition) is 1. The number of nitrogens with zero attached hydrogens (tertiary/aromatic N) is 2. The Bertz CT molecular complexity index is 634. The summed E-state index contributed by atoms with van der Waals surface area (Å²) in [5.74, 6) is 0.434. The largest absolute Gasteiger partial charge is 0.354 e. The predicted octanol–water partition coefficient (Wildman–Crippen LogP) is 2.29. The third-order valence-corrected chi connectivity index (χ3v) is 2.96. The van der Waals surface area contributed by atoms with Gasteiger partial charge in [-0.3, -0.25) is 4.79 Å². The molecule has 4 heteroatoms. The lowest BCUT2D eigenvalue weighted by molar-refractivity contribution is -0.121. The summed E-state index contributed by atoms with van der Waals surface area (Å²) >= 11 is 0. The summed E-state index contributed by atoms with van der Waals surface area (Å²) in [7, 11) is 0. The van der Waals surface area contributed by atoms with Crippen molar-refractivity contribution in [3.8, 4) is 6.07 Å². The second-order valence-electron chi connectivity index (χ2n) is 4.99. The van der Waals surface area contributed by atoms with Crippen LogP contribution < -0.4 is 5.32 Å². The van der Waals surface area contributed by atoms with Crippen LogP contribution >= 0.6 is 0 Å². The first-order chi connectivity index (χ1) is 9.11. The molecule has 1 N–H and O–H groups in total. The normalized spacial score (nSPS) is 10.6. The monoisotopic (exact) mass is 255 g/mol. The molecule has 0 aliphatic heterocycles. The second kappa shape index (κ2) is 5.57. The van der Waals surface area contributed by atoms with Gasteiger partial charge in [-0.05, 0) is 24.1 Å². The van der Waals surface area contributed by atoms with Crippen molar-refractivity contribution in [2.45, 2.75) is 20.4 Å². The summed E-state index contributed by atoms with van der Waals surface area (Å²) in [6.07, 6.45) is 1.85. The van der Waals surface area contributed by atoms with Gasteiger partial charge in [0.2, 0.25) is 5.91 Å². The molecule has 0 saturated carbocycles. The van der Waals surface area contributed by atoms with E-state index in [2.05, 4.69) is 25.2 Å². The molecule has 1 amide bonds. The van der Waals surface area contributed by atoms with E-state index in [-0.39, 0.29) is 12.5 Å². The van der Waals surface area contributed by atoms with E-state index in [1.165, 1.54) is 0 Å². The van der Waals surface area contributed by atoms with Crippen molar-refractivity contribution in [1.29, 1.82) is 5.26 Å². The van der Waals surface area contributed by atoms with E-state index in [0.29, 0.717) is 18.0 Å². The predicted molar refractivity (Wildman–Crippen MR) is 74.5 cm³/mol. The molecule has 4 nitrogen and oxygen atoms in total. The quantitative estimate of drug-likeness (QED) is 0.911. The Kier molecular flexibility index (Phi) is 3.86. The summed E-state index contributed by atoms with van der Waals surface area (Å²) in [5, 5.41) is 12.8. The van der Waals surface area contributed by atoms with Crippen LogP contribution in [0, 0.1) is 17.2 Å². The average molecular weight is 255 g/mol. The number of hydrogen-bond acceptors (Lipinski definition) is 2. The maximum absolute atomic E-state index is 11.8. The van der Waals surface area contributed by atoms with Gasteiger partial charge < -0.3 is 9.88 Å². The van der Waals surface area contributed by atoms with Gasteiger partial charge in [0.15, 0.2) is 0 Å². The van der Waals surface area contributed by atoms with E-state index >= 15 is 0 Å². The van der Waals surface area contributed by atoms with Crippen LogP contribution in [0.15, 0.2) is 30.5 Å². The molecule has 98 valence electrons. The molecule has 1 aromatic carbocycles. The van der Waals surface area contributed by atoms with Gasteiger partial charge in [0, 0.05) is 23.6 Å². The van der Waals surface area contributed by atoms with Crippen LogP contribution in [0.2, 0.25) is 0 Å². The molecule has 0 aliphatic carbocycles. The highest BCUT2D eigenvalue weighted by Crippen LogP contribution is 2.19. The van der Waals surface area contributed by atoms with Crippen LogP contribution in [0.4, 0.5) is 0 Å². The molecule has 1 aromatic heterocycles. The number of amides is 1.